The van der Waals surface area contributed by atoms with Crippen LogP contribution in [0.3, 0.4) is 0 Å². The Morgan fingerprint density at radius 2 is 1.66 bits per heavy atom. The summed E-state index contributed by atoms with van der Waals surface area (Å²) < 4.78 is 5.62. The van der Waals surface area contributed by atoms with E-state index in [2.05, 4.69) is 41.0 Å². The molecule has 0 aliphatic carbocycles. The van der Waals surface area contributed by atoms with E-state index in [1.54, 1.807) is 0 Å². The predicted octanol–water partition coefficient (Wildman–Crippen LogP) is 2.55. The van der Waals surface area contributed by atoms with Crippen molar-refractivity contribution in [3.8, 4) is 5.75 Å². The number of rotatable bonds is 10. The zero-order valence-electron chi connectivity index (χ0n) is 17.3. The van der Waals surface area contributed by atoms with Gasteiger partial charge in [0.05, 0.1) is 6.54 Å². The van der Waals surface area contributed by atoms with Gasteiger partial charge in [0, 0.05) is 39.1 Å². The number of aliphatic hydroxyl groups is 1. The van der Waals surface area contributed by atoms with Gasteiger partial charge in [-0.1, -0.05) is 48.0 Å². The zero-order chi connectivity index (χ0) is 20.5. The molecule has 29 heavy (non-hydrogen) atoms. The molecule has 156 valence electrons. The quantitative estimate of drug-likeness (QED) is 0.669. The largest absolute Gasteiger partial charge is 0.491 e. The Balaban J connectivity index is 1.30. The molecular formula is C24H32N2O3. The van der Waals surface area contributed by atoms with E-state index in [0.29, 0.717) is 31.9 Å². The summed E-state index contributed by atoms with van der Waals surface area (Å²) in [5, 5.41) is 10.2. The molecule has 3 rings (SSSR count). The molecule has 5 heteroatoms. The molecular weight excluding hydrogens is 364 g/mol. The third-order valence-electron chi connectivity index (χ3n) is 5.33. The maximum atomic E-state index is 12.3. The van der Waals surface area contributed by atoms with E-state index in [-0.39, 0.29) is 0 Å². The average molecular weight is 397 g/mol. The smallest absolute Gasteiger partial charge is 0.147 e. The number of hydrogen-bond acceptors (Lipinski definition) is 5. The molecule has 5 nitrogen and oxygen atoms in total. The molecule has 2 aromatic carbocycles. The summed E-state index contributed by atoms with van der Waals surface area (Å²) in [5.74, 6) is 1.08. The second-order valence-corrected chi connectivity index (χ2v) is 7.88. The van der Waals surface area contributed by atoms with Gasteiger partial charge in [-0.3, -0.25) is 14.6 Å². The molecule has 1 aliphatic heterocycles. The normalized spacial score (nSPS) is 16.5. The van der Waals surface area contributed by atoms with Crippen LogP contribution in [-0.2, 0) is 11.2 Å². The molecule has 0 saturated carbocycles. The second kappa shape index (κ2) is 11.1. The van der Waals surface area contributed by atoms with Crippen LogP contribution in [0.2, 0.25) is 0 Å². The van der Waals surface area contributed by atoms with E-state index in [1.807, 2.05) is 30.3 Å². The Morgan fingerprint density at radius 3 is 2.34 bits per heavy atom. The highest BCUT2D eigenvalue weighted by Gasteiger charge is 2.21. The highest BCUT2D eigenvalue weighted by molar-refractivity contribution is 5.80. The van der Waals surface area contributed by atoms with E-state index in [4.69, 9.17) is 4.74 Å². The fraction of sp³-hybridized carbons (Fsp3) is 0.458. The number of aryl methyl sites for hydroxylation is 2. The molecule has 1 atom stereocenters. The third-order valence-corrected chi connectivity index (χ3v) is 5.33. The lowest BCUT2D eigenvalue weighted by Gasteiger charge is -2.35. The van der Waals surface area contributed by atoms with Gasteiger partial charge < -0.3 is 9.84 Å². The first kappa shape index (κ1) is 21.5. The van der Waals surface area contributed by atoms with Crippen LogP contribution in [0.5, 0.6) is 5.75 Å². The number of piperazine rings is 1. The number of β-amino-alcohol motifs (C(OH)–C–C–N with tert-alkyl or cyclic N) is 1. The maximum Gasteiger partial charge on any atom is 0.147 e. The number of ether oxygens (including phenoxy) is 1. The molecule has 0 spiro atoms. The first-order valence-corrected chi connectivity index (χ1v) is 10.5. The number of carbonyl (C=O) groups excluding carboxylic acids is 1. The van der Waals surface area contributed by atoms with Crippen LogP contribution in [0.4, 0.5) is 0 Å². The molecule has 0 amide bonds. The van der Waals surface area contributed by atoms with Crippen molar-refractivity contribution in [2.24, 2.45) is 0 Å². The summed E-state index contributed by atoms with van der Waals surface area (Å²) in [4.78, 5) is 16.8. The molecule has 0 unspecified atom stereocenters. The van der Waals surface area contributed by atoms with Gasteiger partial charge >= 0.3 is 0 Å². The van der Waals surface area contributed by atoms with Crippen molar-refractivity contribution in [2.45, 2.75) is 25.9 Å². The number of carbonyl (C=O) groups is 1. The van der Waals surface area contributed by atoms with Crippen molar-refractivity contribution in [3.63, 3.8) is 0 Å². The summed E-state index contributed by atoms with van der Waals surface area (Å²) in [6.45, 7) is 6.96. The van der Waals surface area contributed by atoms with E-state index in [9.17, 15) is 9.90 Å². The highest BCUT2D eigenvalue weighted by atomic mass is 16.5. The fourth-order valence-electron chi connectivity index (χ4n) is 3.56. The van der Waals surface area contributed by atoms with E-state index < -0.39 is 6.10 Å². The molecule has 1 saturated heterocycles. The lowest BCUT2D eigenvalue weighted by Crippen LogP contribution is -2.50. The van der Waals surface area contributed by atoms with Crippen LogP contribution < -0.4 is 4.74 Å². The lowest BCUT2D eigenvalue weighted by atomic mass is 10.1. The van der Waals surface area contributed by atoms with Crippen LogP contribution in [0.25, 0.3) is 0 Å². The van der Waals surface area contributed by atoms with Gasteiger partial charge in [-0.2, -0.15) is 0 Å². The van der Waals surface area contributed by atoms with Crippen molar-refractivity contribution >= 4 is 5.78 Å². The number of para-hydroxylation sites is 1. The van der Waals surface area contributed by atoms with Crippen LogP contribution in [0, 0.1) is 6.92 Å². The Bertz CT molecular complexity index is 740. The number of benzene rings is 2. The Kier molecular flexibility index (Phi) is 8.23. The Morgan fingerprint density at radius 1 is 1.00 bits per heavy atom. The number of ketones is 1. The molecule has 2 aromatic rings. The zero-order valence-corrected chi connectivity index (χ0v) is 17.3. The third kappa shape index (κ3) is 7.61. The molecule has 1 N–H and O–H groups in total. The van der Waals surface area contributed by atoms with Crippen molar-refractivity contribution in [3.05, 3.63) is 65.7 Å². The highest BCUT2D eigenvalue weighted by Crippen LogP contribution is 2.10. The Hall–Kier alpha value is -2.21. The summed E-state index contributed by atoms with van der Waals surface area (Å²) in [6, 6.07) is 18.0. The summed E-state index contributed by atoms with van der Waals surface area (Å²) in [5.41, 5.74) is 2.47. The summed E-state index contributed by atoms with van der Waals surface area (Å²) in [7, 11) is 0. The minimum Gasteiger partial charge on any atom is -0.491 e. The van der Waals surface area contributed by atoms with Crippen molar-refractivity contribution in [1.29, 1.82) is 0 Å². The van der Waals surface area contributed by atoms with Crippen LogP contribution in [0.1, 0.15) is 17.5 Å². The van der Waals surface area contributed by atoms with Gasteiger partial charge in [-0.25, -0.2) is 0 Å². The first-order chi connectivity index (χ1) is 14.1. The predicted molar refractivity (Wildman–Crippen MR) is 115 cm³/mol. The van der Waals surface area contributed by atoms with E-state index in [0.717, 1.165) is 38.3 Å². The molecule has 1 heterocycles. The van der Waals surface area contributed by atoms with Gasteiger partial charge in [-0.05, 0) is 31.0 Å². The van der Waals surface area contributed by atoms with Crippen molar-refractivity contribution < 1.29 is 14.6 Å². The standard InChI is InChI=1S/C24H32N2O3/c1-20-7-9-21(10-8-20)11-12-22(27)17-25-13-15-26(16-14-25)18-23(28)19-29-24-5-3-2-4-6-24/h2-10,23,28H,11-19H2,1H3/t23-/m1/s1. The van der Waals surface area contributed by atoms with Crippen LogP contribution in [-0.4, -0.2) is 72.7 Å². The minimum absolute atomic E-state index is 0.293. The minimum atomic E-state index is -0.516. The second-order valence-electron chi connectivity index (χ2n) is 7.88. The molecule has 1 aliphatic rings. The van der Waals surface area contributed by atoms with Crippen molar-refractivity contribution in [1.82, 2.24) is 9.80 Å². The van der Waals surface area contributed by atoms with Crippen molar-refractivity contribution in [2.75, 3.05) is 45.9 Å². The fourth-order valence-corrected chi connectivity index (χ4v) is 3.56. The summed E-state index contributed by atoms with van der Waals surface area (Å²) >= 11 is 0. The van der Waals surface area contributed by atoms with E-state index >= 15 is 0 Å². The molecule has 0 aromatic heterocycles. The molecule has 0 radical (unpaired) electrons. The topological polar surface area (TPSA) is 53.0 Å². The number of Topliss-reactive ketones (excluding diaryl/α,β-unsaturated/α-hetero) is 1. The van der Waals surface area contributed by atoms with Crippen LogP contribution >= 0.6 is 0 Å². The lowest BCUT2D eigenvalue weighted by molar-refractivity contribution is -0.120. The maximum absolute atomic E-state index is 12.3. The van der Waals surface area contributed by atoms with Gasteiger partial charge in [0.15, 0.2) is 0 Å². The number of hydrogen-bond donors (Lipinski definition) is 1. The monoisotopic (exact) mass is 396 g/mol. The SMILES string of the molecule is Cc1ccc(CCC(=O)CN2CCN(C[C@@H](O)COc3ccccc3)CC2)cc1. The molecule has 1 fully saturated rings. The first-order valence-electron chi connectivity index (χ1n) is 10.5. The molecule has 0 bridgehead atoms. The summed E-state index contributed by atoms with van der Waals surface area (Å²) in [6.07, 6.45) is 0.892. The van der Waals surface area contributed by atoms with Crippen LogP contribution in [0.15, 0.2) is 54.6 Å². The Labute approximate surface area is 173 Å². The van der Waals surface area contributed by atoms with E-state index in [1.165, 1.54) is 11.1 Å². The number of nitrogens with zero attached hydrogens (tertiary/aromatic N) is 2. The van der Waals surface area contributed by atoms with Gasteiger partial charge in [0.1, 0.15) is 24.2 Å². The van der Waals surface area contributed by atoms with Gasteiger partial charge in [0.25, 0.3) is 0 Å². The van der Waals surface area contributed by atoms with Gasteiger partial charge in [-0.15, -0.1) is 0 Å². The average Bonchev–Trinajstić information content (AvgIpc) is 2.74. The van der Waals surface area contributed by atoms with Gasteiger partial charge in [0.2, 0.25) is 0 Å². The number of aliphatic hydroxyl groups excluding tert-OH is 1.